The second-order valence-electron chi connectivity index (χ2n) is 1.64. The lowest BCUT2D eigenvalue weighted by Gasteiger charge is -1.82. The average Bonchev–Trinajstić information content (AvgIpc) is 1.66. The molecule has 0 aliphatic carbocycles. The maximum absolute atomic E-state index is 3.66. The monoisotopic (exact) mass is 174 g/mol. The number of allylic oxidation sites excluding steroid dienone is 3. The van der Waals surface area contributed by atoms with Gasteiger partial charge in [0.15, 0.2) is 0 Å². The highest BCUT2D eigenvalue weighted by atomic mass is 79.9. The van der Waals surface area contributed by atoms with Gasteiger partial charge in [0.2, 0.25) is 0 Å². The van der Waals surface area contributed by atoms with E-state index >= 15 is 0 Å². The minimum Gasteiger partial charge on any atom is -0.0848 e. The van der Waals surface area contributed by atoms with Gasteiger partial charge in [0.05, 0.1) is 0 Å². The molecule has 0 N–H and O–H groups in total. The molecule has 0 fully saturated rings. The molecule has 0 spiro atoms. The largest absolute Gasteiger partial charge is 0.0848 e. The van der Waals surface area contributed by atoms with Crippen LogP contribution in [-0.2, 0) is 0 Å². The molecule has 0 amide bonds. The Hall–Kier alpha value is -0.0400. The van der Waals surface area contributed by atoms with Gasteiger partial charge in [-0.1, -0.05) is 48.0 Å². The summed E-state index contributed by atoms with van der Waals surface area (Å²) in [5.41, 5.74) is 0. The van der Waals surface area contributed by atoms with Gasteiger partial charge in [-0.15, -0.1) is 0 Å². The van der Waals surface area contributed by atoms with Crippen molar-refractivity contribution < 1.29 is 0 Å². The second kappa shape index (κ2) is 5.10. The first kappa shape index (κ1) is 7.96. The minimum atomic E-state index is 0.950. The normalized spacial score (nSPS) is 10.2. The van der Waals surface area contributed by atoms with E-state index in [4.69, 9.17) is 0 Å². The molecule has 0 aromatic carbocycles. The molecule has 0 bridgehead atoms. The maximum atomic E-state index is 3.66. The molecule has 0 saturated carbocycles. The number of hydrogen-bond donors (Lipinski definition) is 0. The number of unbranched alkanes of at least 4 members (excludes halogenated alkanes) is 1. The van der Waals surface area contributed by atoms with E-state index in [0.717, 1.165) is 10.9 Å². The van der Waals surface area contributed by atoms with E-state index in [9.17, 15) is 0 Å². The van der Waals surface area contributed by atoms with Gasteiger partial charge in [-0.2, -0.15) is 0 Å². The maximum Gasteiger partial charge on any atom is 0.00997 e. The fourth-order valence-corrected chi connectivity index (χ4v) is 0.565. The van der Waals surface area contributed by atoms with E-state index in [1.807, 2.05) is 6.08 Å². The van der Waals surface area contributed by atoms with Crippen LogP contribution in [0.4, 0.5) is 0 Å². The first-order valence-corrected chi connectivity index (χ1v) is 3.57. The molecular weight excluding hydrogens is 164 g/mol. The summed E-state index contributed by atoms with van der Waals surface area (Å²) in [6.07, 6.45) is 6.43. The van der Waals surface area contributed by atoms with Crippen LogP contribution in [0.5, 0.6) is 0 Å². The van der Waals surface area contributed by atoms with Crippen molar-refractivity contribution in [3.63, 3.8) is 0 Å². The lowest BCUT2D eigenvalue weighted by molar-refractivity contribution is 0.959. The Kier molecular flexibility index (Phi) is 5.08. The lowest BCUT2D eigenvalue weighted by Crippen LogP contribution is -1.60. The van der Waals surface area contributed by atoms with Crippen molar-refractivity contribution in [1.29, 1.82) is 0 Å². The molecule has 0 aromatic rings. The standard InChI is InChI=1S/C7H11Br/c1-3-4-5-6-7(2)8/h5-6H,2-4H2,1H3/b6-5+. The summed E-state index contributed by atoms with van der Waals surface area (Å²) in [7, 11) is 0. The van der Waals surface area contributed by atoms with Crippen LogP contribution < -0.4 is 0 Å². The van der Waals surface area contributed by atoms with Crippen LogP contribution in [0.1, 0.15) is 19.8 Å². The van der Waals surface area contributed by atoms with E-state index in [-0.39, 0.29) is 0 Å². The van der Waals surface area contributed by atoms with Crippen LogP contribution in [0.25, 0.3) is 0 Å². The topological polar surface area (TPSA) is 0 Å². The zero-order chi connectivity index (χ0) is 6.41. The van der Waals surface area contributed by atoms with Gasteiger partial charge in [0.1, 0.15) is 0 Å². The van der Waals surface area contributed by atoms with E-state index in [1.165, 1.54) is 6.42 Å². The smallest absolute Gasteiger partial charge is 0.00997 e. The number of hydrogen-bond acceptors (Lipinski definition) is 0. The van der Waals surface area contributed by atoms with Crippen LogP contribution >= 0.6 is 15.9 Å². The van der Waals surface area contributed by atoms with Gasteiger partial charge >= 0.3 is 0 Å². The van der Waals surface area contributed by atoms with Crippen molar-refractivity contribution in [1.82, 2.24) is 0 Å². The average molecular weight is 175 g/mol. The quantitative estimate of drug-likeness (QED) is 0.577. The van der Waals surface area contributed by atoms with Gasteiger partial charge in [-0.25, -0.2) is 0 Å². The molecule has 0 unspecified atom stereocenters. The molecule has 0 saturated heterocycles. The highest BCUT2D eigenvalue weighted by molar-refractivity contribution is 9.11. The second-order valence-corrected chi connectivity index (χ2v) is 2.66. The Morgan fingerprint density at radius 1 is 1.75 bits per heavy atom. The lowest BCUT2D eigenvalue weighted by atomic mass is 10.3. The molecule has 0 radical (unpaired) electrons. The van der Waals surface area contributed by atoms with Crippen LogP contribution in [0.3, 0.4) is 0 Å². The molecule has 0 aromatic heterocycles. The molecule has 46 valence electrons. The number of rotatable bonds is 3. The molecule has 0 rings (SSSR count). The summed E-state index contributed by atoms with van der Waals surface area (Å²) in [5, 5.41) is 0. The highest BCUT2D eigenvalue weighted by Gasteiger charge is 1.74. The first-order chi connectivity index (χ1) is 3.77. The van der Waals surface area contributed by atoms with Crippen molar-refractivity contribution in [2.75, 3.05) is 0 Å². The summed E-state index contributed by atoms with van der Waals surface area (Å²) in [5.74, 6) is 0. The molecule has 0 aliphatic rings. The molecular formula is C7H11Br. The number of halogens is 1. The van der Waals surface area contributed by atoms with Gasteiger partial charge in [-0.05, 0) is 6.42 Å². The van der Waals surface area contributed by atoms with Crippen molar-refractivity contribution >= 4 is 15.9 Å². The Labute approximate surface area is 59.4 Å². The van der Waals surface area contributed by atoms with Crippen LogP contribution in [0, 0.1) is 0 Å². The fourth-order valence-electron chi connectivity index (χ4n) is 0.378. The zero-order valence-corrected chi connectivity index (χ0v) is 6.74. The third-order valence-electron chi connectivity index (χ3n) is 0.754. The summed E-state index contributed by atoms with van der Waals surface area (Å²) in [4.78, 5) is 0. The Morgan fingerprint density at radius 2 is 2.38 bits per heavy atom. The molecule has 8 heavy (non-hydrogen) atoms. The van der Waals surface area contributed by atoms with Gasteiger partial charge in [-0.3, -0.25) is 0 Å². The fraction of sp³-hybridized carbons (Fsp3) is 0.429. The Bertz CT molecular complexity index is 92.6. The third kappa shape index (κ3) is 5.96. The van der Waals surface area contributed by atoms with Crippen LogP contribution in [0.15, 0.2) is 23.2 Å². The molecule has 0 aliphatic heterocycles. The molecule has 1 heteroatoms. The van der Waals surface area contributed by atoms with Crippen LogP contribution in [0.2, 0.25) is 0 Å². The van der Waals surface area contributed by atoms with E-state index in [1.54, 1.807) is 0 Å². The molecule has 0 heterocycles. The third-order valence-corrected chi connectivity index (χ3v) is 1.02. The van der Waals surface area contributed by atoms with Crippen molar-refractivity contribution in [3.8, 4) is 0 Å². The predicted octanol–water partition coefficient (Wildman–Crippen LogP) is 3.25. The summed E-state index contributed by atoms with van der Waals surface area (Å²) in [6.45, 7) is 5.81. The zero-order valence-electron chi connectivity index (χ0n) is 5.15. The van der Waals surface area contributed by atoms with E-state index in [2.05, 4.69) is 35.5 Å². The van der Waals surface area contributed by atoms with Crippen molar-refractivity contribution in [2.45, 2.75) is 19.8 Å². The SMILES string of the molecule is C=C(Br)/C=C/CCC. The van der Waals surface area contributed by atoms with Gasteiger partial charge < -0.3 is 0 Å². The molecule has 0 nitrogen and oxygen atoms in total. The van der Waals surface area contributed by atoms with Crippen molar-refractivity contribution in [2.24, 2.45) is 0 Å². The highest BCUT2D eigenvalue weighted by Crippen LogP contribution is 2.02. The molecule has 0 atom stereocenters. The van der Waals surface area contributed by atoms with Gasteiger partial charge in [0, 0.05) is 4.48 Å². The Balaban J connectivity index is 3.20. The van der Waals surface area contributed by atoms with E-state index in [0.29, 0.717) is 0 Å². The van der Waals surface area contributed by atoms with Crippen LogP contribution in [-0.4, -0.2) is 0 Å². The van der Waals surface area contributed by atoms with E-state index < -0.39 is 0 Å². The Morgan fingerprint density at radius 3 is 2.75 bits per heavy atom. The first-order valence-electron chi connectivity index (χ1n) is 2.78. The summed E-state index contributed by atoms with van der Waals surface area (Å²) in [6, 6.07) is 0. The van der Waals surface area contributed by atoms with Gasteiger partial charge in [0.25, 0.3) is 0 Å². The predicted molar refractivity (Wildman–Crippen MR) is 42.1 cm³/mol. The minimum absolute atomic E-state index is 0.950. The van der Waals surface area contributed by atoms with Crippen molar-refractivity contribution in [3.05, 3.63) is 23.2 Å². The summed E-state index contributed by atoms with van der Waals surface area (Å²) < 4.78 is 0.950. The summed E-state index contributed by atoms with van der Waals surface area (Å²) >= 11 is 3.22.